The average molecular weight is 242 g/mol. The summed E-state index contributed by atoms with van der Waals surface area (Å²) in [5, 5.41) is 9.38. The molecule has 0 bridgehead atoms. The number of aliphatic carboxylic acids is 1. The van der Waals surface area contributed by atoms with Gasteiger partial charge < -0.3 is 9.84 Å². The first-order valence-electron chi connectivity index (χ1n) is 5.00. The van der Waals surface area contributed by atoms with Crippen LogP contribution in [0.25, 0.3) is 0 Å². The van der Waals surface area contributed by atoms with Crippen molar-refractivity contribution < 1.29 is 14.6 Å². The summed E-state index contributed by atoms with van der Waals surface area (Å²) in [4.78, 5) is 12.5. The summed E-state index contributed by atoms with van der Waals surface area (Å²) in [5.74, 6) is -0.0715. The molecule has 0 aromatic heterocycles. The van der Waals surface area contributed by atoms with Crippen LogP contribution in [0.3, 0.4) is 0 Å². The lowest BCUT2D eigenvalue weighted by molar-refractivity contribution is -0.138. The maximum atomic E-state index is 10.6. The highest BCUT2D eigenvalue weighted by atomic mass is 35.5. The zero-order chi connectivity index (χ0) is 11.5. The van der Waals surface area contributed by atoms with Crippen molar-refractivity contribution in [1.29, 1.82) is 0 Å². The second kappa shape index (κ2) is 4.72. The number of hydrogen-bond donors (Lipinski definition) is 1. The summed E-state index contributed by atoms with van der Waals surface area (Å²) < 4.78 is 5.52. The molecule has 1 N–H and O–H groups in total. The number of nitrogens with zero attached hydrogens (tertiary/aromatic N) is 1. The highest BCUT2D eigenvalue weighted by Gasteiger charge is 2.17. The normalized spacial score (nSPS) is 16.1. The highest BCUT2D eigenvalue weighted by molar-refractivity contribution is 6.30. The smallest absolute Gasteiger partial charge is 0.317 e. The quantitative estimate of drug-likeness (QED) is 0.855. The van der Waals surface area contributed by atoms with Crippen molar-refractivity contribution in [3.63, 3.8) is 0 Å². The zero-order valence-corrected chi connectivity index (χ0v) is 9.41. The Morgan fingerprint density at radius 1 is 1.56 bits per heavy atom. The minimum Gasteiger partial charge on any atom is -0.492 e. The lowest BCUT2D eigenvalue weighted by atomic mass is 10.2. The van der Waals surface area contributed by atoms with E-state index in [9.17, 15) is 4.79 Å². The fourth-order valence-electron chi connectivity index (χ4n) is 1.72. The van der Waals surface area contributed by atoms with E-state index in [2.05, 4.69) is 0 Å². The van der Waals surface area contributed by atoms with E-state index in [-0.39, 0.29) is 6.54 Å². The maximum absolute atomic E-state index is 10.6. The van der Waals surface area contributed by atoms with Gasteiger partial charge in [0.1, 0.15) is 12.4 Å². The highest BCUT2D eigenvalue weighted by Crippen LogP contribution is 2.26. The summed E-state index contributed by atoms with van der Waals surface area (Å²) in [6.07, 6.45) is 0. The van der Waals surface area contributed by atoms with Crippen molar-refractivity contribution in [1.82, 2.24) is 4.90 Å². The number of carboxylic acid groups (broad SMARTS) is 1. The van der Waals surface area contributed by atoms with Crippen LogP contribution in [-0.4, -0.2) is 35.7 Å². The molecule has 2 rings (SSSR count). The zero-order valence-electron chi connectivity index (χ0n) is 8.65. The minimum atomic E-state index is -0.822. The molecule has 0 saturated heterocycles. The van der Waals surface area contributed by atoms with Crippen LogP contribution in [0.5, 0.6) is 5.75 Å². The van der Waals surface area contributed by atoms with E-state index in [4.69, 9.17) is 21.4 Å². The van der Waals surface area contributed by atoms with E-state index in [1.807, 2.05) is 11.0 Å². The number of carbonyl (C=O) groups is 1. The Kier molecular flexibility index (Phi) is 3.31. The lowest BCUT2D eigenvalue weighted by Crippen LogP contribution is -2.31. The number of ether oxygens (including phenoxy) is 1. The molecule has 1 aliphatic heterocycles. The Labute approximate surface area is 98.4 Å². The van der Waals surface area contributed by atoms with Crippen LogP contribution in [0.2, 0.25) is 5.02 Å². The second-order valence-electron chi connectivity index (χ2n) is 3.70. The van der Waals surface area contributed by atoms with Gasteiger partial charge >= 0.3 is 5.97 Å². The molecule has 0 radical (unpaired) electrons. The summed E-state index contributed by atoms with van der Waals surface area (Å²) >= 11 is 5.86. The van der Waals surface area contributed by atoms with Gasteiger partial charge in [0.2, 0.25) is 0 Å². The van der Waals surface area contributed by atoms with Crippen LogP contribution < -0.4 is 4.74 Å². The molecule has 0 saturated carbocycles. The van der Waals surface area contributed by atoms with Crippen LogP contribution in [0.15, 0.2) is 18.2 Å². The van der Waals surface area contributed by atoms with Crippen molar-refractivity contribution in [2.45, 2.75) is 6.54 Å². The first-order chi connectivity index (χ1) is 7.65. The van der Waals surface area contributed by atoms with Crippen LogP contribution in [0.1, 0.15) is 5.56 Å². The minimum absolute atomic E-state index is 0.0332. The predicted molar refractivity (Wildman–Crippen MR) is 59.9 cm³/mol. The van der Waals surface area contributed by atoms with Crippen molar-refractivity contribution in [3.05, 3.63) is 28.8 Å². The van der Waals surface area contributed by atoms with Gasteiger partial charge in [0.15, 0.2) is 0 Å². The molecule has 1 aromatic carbocycles. The van der Waals surface area contributed by atoms with Gasteiger partial charge in [-0.1, -0.05) is 17.7 Å². The third kappa shape index (κ3) is 2.65. The number of rotatable bonds is 2. The molecule has 16 heavy (non-hydrogen) atoms. The Hall–Kier alpha value is -1.26. The lowest BCUT2D eigenvalue weighted by Gasteiger charge is -2.16. The summed E-state index contributed by atoms with van der Waals surface area (Å²) in [6, 6.07) is 5.42. The SMILES string of the molecule is O=C(O)CN1CCOc2cc(Cl)ccc2C1. The fourth-order valence-corrected chi connectivity index (χ4v) is 1.89. The molecule has 5 heteroatoms. The molecule has 0 fully saturated rings. The number of fused-ring (bicyclic) bond motifs is 1. The molecule has 1 aliphatic rings. The first-order valence-corrected chi connectivity index (χ1v) is 5.38. The molecule has 0 unspecified atom stereocenters. The average Bonchev–Trinajstić information content (AvgIpc) is 2.38. The van der Waals surface area contributed by atoms with E-state index in [1.54, 1.807) is 12.1 Å². The topological polar surface area (TPSA) is 49.8 Å². The van der Waals surface area contributed by atoms with E-state index in [1.165, 1.54) is 0 Å². The molecule has 4 nitrogen and oxygen atoms in total. The van der Waals surface area contributed by atoms with E-state index >= 15 is 0 Å². The van der Waals surface area contributed by atoms with Gasteiger partial charge in [-0.25, -0.2) is 0 Å². The molecule has 0 atom stereocenters. The van der Waals surface area contributed by atoms with Crippen molar-refractivity contribution in [2.24, 2.45) is 0 Å². The largest absolute Gasteiger partial charge is 0.492 e. The third-order valence-corrected chi connectivity index (χ3v) is 2.68. The van der Waals surface area contributed by atoms with Crippen molar-refractivity contribution in [2.75, 3.05) is 19.7 Å². The molecule has 0 aliphatic carbocycles. The van der Waals surface area contributed by atoms with Gasteiger partial charge in [0, 0.05) is 23.7 Å². The second-order valence-corrected chi connectivity index (χ2v) is 4.14. The van der Waals surface area contributed by atoms with Gasteiger partial charge in [-0.2, -0.15) is 0 Å². The predicted octanol–water partition coefficient (Wildman–Crippen LogP) is 1.62. The standard InChI is InChI=1S/C11H12ClNO3/c12-9-2-1-8-6-13(7-11(14)15)3-4-16-10(8)5-9/h1-2,5H,3-4,6-7H2,(H,14,15). The molecule has 1 heterocycles. The molecule has 0 amide bonds. The van der Waals surface area contributed by atoms with E-state index in [0.29, 0.717) is 24.7 Å². The Bertz CT molecular complexity index is 408. The van der Waals surface area contributed by atoms with Crippen molar-refractivity contribution in [3.8, 4) is 5.75 Å². The van der Waals surface area contributed by atoms with Gasteiger partial charge in [0.05, 0.1) is 6.54 Å². The van der Waals surface area contributed by atoms with Gasteiger partial charge in [-0.3, -0.25) is 9.69 Å². The Morgan fingerprint density at radius 2 is 2.38 bits per heavy atom. The molecular formula is C11H12ClNO3. The number of carboxylic acids is 1. The maximum Gasteiger partial charge on any atom is 0.317 e. The molecular weight excluding hydrogens is 230 g/mol. The van der Waals surface area contributed by atoms with Crippen LogP contribution in [0, 0.1) is 0 Å². The van der Waals surface area contributed by atoms with Gasteiger partial charge in [-0.15, -0.1) is 0 Å². The van der Waals surface area contributed by atoms with Gasteiger partial charge in [0.25, 0.3) is 0 Å². The molecule has 0 spiro atoms. The number of hydrogen-bond acceptors (Lipinski definition) is 3. The summed E-state index contributed by atoms with van der Waals surface area (Å²) in [6.45, 7) is 1.71. The Morgan fingerprint density at radius 3 is 3.12 bits per heavy atom. The summed E-state index contributed by atoms with van der Waals surface area (Å²) in [5.41, 5.74) is 0.975. The van der Waals surface area contributed by atoms with Gasteiger partial charge in [-0.05, 0) is 12.1 Å². The Balaban J connectivity index is 2.17. The monoisotopic (exact) mass is 241 g/mol. The van der Waals surface area contributed by atoms with Crippen molar-refractivity contribution >= 4 is 17.6 Å². The first kappa shape index (κ1) is 11.2. The fraction of sp³-hybridized carbons (Fsp3) is 0.364. The third-order valence-electron chi connectivity index (χ3n) is 2.45. The number of benzene rings is 1. The molecule has 1 aromatic rings. The summed E-state index contributed by atoms with van der Waals surface area (Å²) in [7, 11) is 0. The number of halogens is 1. The van der Waals surface area contributed by atoms with E-state index < -0.39 is 5.97 Å². The van der Waals surface area contributed by atoms with Crippen LogP contribution >= 0.6 is 11.6 Å². The van der Waals surface area contributed by atoms with E-state index in [0.717, 1.165) is 11.3 Å². The molecule has 86 valence electrons. The van der Waals surface area contributed by atoms with Crippen LogP contribution in [0.4, 0.5) is 0 Å². The van der Waals surface area contributed by atoms with Crippen LogP contribution in [-0.2, 0) is 11.3 Å².